The van der Waals surface area contributed by atoms with Gasteiger partial charge in [0.1, 0.15) is 17.9 Å². The predicted molar refractivity (Wildman–Crippen MR) is 293 cm³/mol. The zero-order valence-electron chi connectivity index (χ0n) is 43.2. The highest BCUT2D eigenvalue weighted by molar-refractivity contribution is 7.80. The first-order valence-electron chi connectivity index (χ1n) is 25.2. The summed E-state index contributed by atoms with van der Waals surface area (Å²) in [5.74, 6) is -6.54. The van der Waals surface area contributed by atoms with Gasteiger partial charge in [0.15, 0.2) is 22.2 Å². The van der Waals surface area contributed by atoms with Gasteiger partial charge in [-0.15, -0.1) is 0 Å². The highest BCUT2D eigenvalue weighted by Gasteiger charge is 2.29. The number of carboxylic acid groups (broad SMARTS) is 3. The molecule has 0 spiro atoms. The van der Waals surface area contributed by atoms with E-state index in [1.807, 2.05) is 29.2 Å². The Morgan fingerprint density at radius 2 is 1.55 bits per heavy atom. The number of benzene rings is 2. The average Bonchev–Trinajstić information content (AvgIpc) is 3.44. The Labute approximate surface area is 450 Å². The first-order chi connectivity index (χ1) is 36.7. The molecule has 416 valence electrons. The number of aromatic amines is 1. The molecule has 5 rings (SSSR count). The van der Waals surface area contributed by atoms with Crippen LogP contribution in [0.4, 0.5) is 17.3 Å². The normalized spacial score (nSPS) is 15.6. The molecule has 2 amide bonds. The van der Waals surface area contributed by atoms with Gasteiger partial charge in [0.2, 0.25) is 11.9 Å². The molecule has 15 N–H and O–H groups in total. The standard InChI is InChI=1S/C50H70N16O10S/c1-64-20-22-66(29-40(68)69)23-21-65(2)36(28-64)24-30-8-12-34(13-9-30)59-50(77)55-18-4-3-7-38(46(73)74)60-44(71)32(6-5-19-54-48(51)52)25-37(67)16-17-39(47(75)76)61-43(70)31-10-14-33(15-11-31)56-26-35-27-57-42-41(58-35)45(72)63-49(53)62-42/h8-15,27,32,36,38-39,56H,3-7,16-26,28-29H2,1-2H3,(H,60,71)(H,61,70)(H,68,69)(H,73,74)(H,75,76)(H4,51,52,54)(H2,55,59,77)(H3,53,57,62,63,72)/t32-,36?,38+,39+/m1/s1. The number of carboxylic acids is 3. The van der Waals surface area contributed by atoms with Crippen molar-refractivity contribution in [1.29, 1.82) is 0 Å². The van der Waals surface area contributed by atoms with Crippen molar-refractivity contribution < 1.29 is 44.1 Å². The number of guanidine groups is 1. The maximum Gasteiger partial charge on any atom is 0.326 e. The van der Waals surface area contributed by atoms with Crippen LogP contribution in [0.25, 0.3) is 11.2 Å². The number of aromatic nitrogens is 4. The van der Waals surface area contributed by atoms with Crippen molar-refractivity contribution in [3.63, 3.8) is 0 Å². The summed E-state index contributed by atoms with van der Waals surface area (Å²) in [4.78, 5) is 113. The third kappa shape index (κ3) is 20.6. The van der Waals surface area contributed by atoms with Gasteiger partial charge in [-0.25, -0.2) is 19.6 Å². The molecule has 4 aromatic rings. The number of carbonyl (C=O) groups excluding carboxylic acids is 3. The van der Waals surface area contributed by atoms with Crippen LogP contribution in [0.2, 0.25) is 0 Å². The van der Waals surface area contributed by atoms with E-state index in [9.17, 15) is 48.9 Å². The second-order valence-corrected chi connectivity index (χ2v) is 19.4. The number of amides is 2. The van der Waals surface area contributed by atoms with E-state index in [2.05, 4.69) is 75.4 Å². The fourth-order valence-electron chi connectivity index (χ4n) is 8.50. The minimum absolute atomic E-state index is 0.0174. The van der Waals surface area contributed by atoms with Gasteiger partial charge in [0, 0.05) is 87.6 Å². The molecule has 1 aliphatic heterocycles. The molecular formula is C50H70N16O10S. The van der Waals surface area contributed by atoms with E-state index in [0.717, 1.165) is 37.3 Å². The van der Waals surface area contributed by atoms with Crippen molar-refractivity contribution in [2.75, 3.05) is 82.8 Å². The number of aliphatic carboxylic acids is 3. The van der Waals surface area contributed by atoms with E-state index in [-0.39, 0.29) is 92.8 Å². The van der Waals surface area contributed by atoms with Gasteiger partial charge in [0.05, 0.1) is 25.0 Å². The van der Waals surface area contributed by atoms with Crippen molar-refractivity contribution in [3.05, 3.63) is 81.9 Å². The Morgan fingerprint density at radius 1 is 0.857 bits per heavy atom. The third-order valence-corrected chi connectivity index (χ3v) is 13.1. The van der Waals surface area contributed by atoms with Crippen molar-refractivity contribution in [1.82, 2.24) is 50.6 Å². The number of nitrogens with one attached hydrogen (secondary N) is 6. The molecule has 0 saturated carbocycles. The molecule has 27 heteroatoms. The number of carbonyl (C=O) groups is 6. The van der Waals surface area contributed by atoms with Gasteiger partial charge in [-0.3, -0.25) is 38.8 Å². The number of anilines is 3. The molecule has 26 nitrogen and oxygen atoms in total. The second-order valence-electron chi connectivity index (χ2n) is 19.0. The summed E-state index contributed by atoms with van der Waals surface area (Å²) in [6, 6.07) is 11.6. The number of unbranched alkanes of at least 4 members (excludes halogenated alkanes) is 1. The zero-order valence-corrected chi connectivity index (χ0v) is 44.0. The lowest BCUT2D eigenvalue weighted by Gasteiger charge is -2.30. The largest absolute Gasteiger partial charge is 0.480 e. The van der Waals surface area contributed by atoms with Gasteiger partial charge < -0.3 is 68.9 Å². The molecule has 1 unspecified atom stereocenters. The van der Waals surface area contributed by atoms with Crippen LogP contribution in [0.15, 0.2) is 64.5 Å². The van der Waals surface area contributed by atoms with Gasteiger partial charge in [0.25, 0.3) is 11.5 Å². The Morgan fingerprint density at radius 3 is 2.23 bits per heavy atom. The zero-order chi connectivity index (χ0) is 56.0. The van der Waals surface area contributed by atoms with E-state index >= 15 is 0 Å². The monoisotopic (exact) mass is 1090 g/mol. The maximum atomic E-state index is 13.6. The maximum absolute atomic E-state index is 13.6. The molecule has 1 aliphatic rings. The number of ketones is 1. The number of nitrogen functional groups attached to an aromatic ring is 1. The molecule has 3 heterocycles. The van der Waals surface area contributed by atoms with Crippen molar-refractivity contribution in [2.24, 2.45) is 22.4 Å². The predicted octanol–water partition coefficient (Wildman–Crippen LogP) is 0.401. The summed E-state index contributed by atoms with van der Waals surface area (Å²) in [5.41, 5.74) is 19.1. The van der Waals surface area contributed by atoms with E-state index in [1.54, 1.807) is 12.1 Å². The number of likely N-dealkylation sites (N-methyl/N-ethyl adjacent to an activating group) is 2. The number of H-pyrrole nitrogens is 1. The lowest BCUT2D eigenvalue weighted by atomic mass is 9.93. The van der Waals surface area contributed by atoms with Crippen molar-refractivity contribution in [2.45, 2.75) is 82.5 Å². The Hall–Kier alpha value is -7.88. The minimum Gasteiger partial charge on any atom is -0.480 e. The molecule has 4 atom stereocenters. The quantitative estimate of drug-likeness (QED) is 0.0158. The topological polar surface area (TPSA) is 395 Å². The molecule has 2 aromatic heterocycles. The number of thiocarbonyl (C=S) groups is 1. The van der Waals surface area contributed by atoms with Gasteiger partial charge in [-0.1, -0.05) is 12.1 Å². The van der Waals surface area contributed by atoms with Crippen LogP contribution < -0.4 is 49.3 Å². The molecular weight excluding hydrogens is 1020 g/mol. The number of aliphatic imine (C=N–C) groups is 1. The van der Waals surface area contributed by atoms with Crippen LogP contribution in [-0.2, 0) is 36.9 Å². The molecule has 1 saturated heterocycles. The number of rotatable bonds is 28. The smallest absolute Gasteiger partial charge is 0.326 e. The first kappa shape index (κ1) is 60.0. The summed E-state index contributed by atoms with van der Waals surface area (Å²) >= 11 is 5.51. The fourth-order valence-corrected chi connectivity index (χ4v) is 8.72. The number of Topliss-reactive ketones (excluding diaryl/α,β-unsaturated/α-hetero) is 1. The molecule has 0 aliphatic carbocycles. The van der Waals surface area contributed by atoms with Crippen LogP contribution in [0.1, 0.15) is 73.0 Å². The number of hydrogen-bond donors (Lipinski definition) is 12. The summed E-state index contributed by atoms with van der Waals surface area (Å²) in [7, 11) is 4.12. The number of nitrogens with two attached hydrogens (primary N) is 3. The number of fused-ring (bicyclic) bond motifs is 1. The molecule has 0 bridgehead atoms. The van der Waals surface area contributed by atoms with Crippen LogP contribution in [0.3, 0.4) is 0 Å². The number of nitrogens with zero attached hydrogens (tertiary/aromatic N) is 7. The van der Waals surface area contributed by atoms with Gasteiger partial charge >= 0.3 is 17.9 Å². The van der Waals surface area contributed by atoms with E-state index in [1.165, 1.54) is 18.3 Å². The highest BCUT2D eigenvalue weighted by Crippen LogP contribution is 2.19. The second kappa shape index (κ2) is 30.0. The molecule has 2 aromatic carbocycles. The minimum atomic E-state index is -1.45. The molecule has 1 fully saturated rings. The fraction of sp³-hybridized carbons (Fsp3) is 0.480. The molecule has 77 heavy (non-hydrogen) atoms. The van der Waals surface area contributed by atoms with E-state index < -0.39 is 59.1 Å². The van der Waals surface area contributed by atoms with Crippen molar-refractivity contribution in [3.8, 4) is 0 Å². The number of hydrogen-bond acceptors (Lipinski definition) is 17. The first-order valence-corrected chi connectivity index (χ1v) is 25.6. The third-order valence-electron chi connectivity index (χ3n) is 12.8. The van der Waals surface area contributed by atoms with E-state index in [0.29, 0.717) is 49.0 Å². The summed E-state index contributed by atoms with van der Waals surface area (Å²) in [6.07, 6.45) is 2.74. The summed E-state index contributed by atoms with van der Waals surface area (Å²) in [5, 5.41) is 44.1. The highest BCUT2D eigenvalue weighted by atomic mass is 32.1. The van der Waals surface area contributed by atoms with Crippen molar-refractivity contribution >= 4 is 87.3 Å². The molecule has 0 radical (unpaired) electrons. The Kier molecular flexibility index (Phi) is 23.4. The Balaban J connectivity index is 1.05. The van der Waals surface area contributed by atoms with Gasteiger partial charge in [-0.2, -0.15) is 4.98 Å². The summed E-state index contributed by atoms with van der Waals surface area (Å²) < 4.78 is 0. The van der Waals surface area contributed by atoms with Crippen LogP contribution in [0, 0.1) is 5.92 Å². The summed E-state index contributed by atoms with van der Waals surface area (Å²) in [6.45, 7) is 4.50. The SMILES string of the molecule is CN1CCN(CC(=O)O)CCN(C)C(Cc2ccc(NC(=S)NCCCC[C@H](NC(=O)[C@H](CCCN=C(N)N)CC(=O)CC[C@H](NC(=O)c3ccc(NCc4cnc5nc(N)[nH]c(=O)c5n4)cc3)C(=O)O)C(=O)O)cc2)C1. The van der Waals surface area contributed by atoms with Gasteiger partial charge in [-0.05, 0) is 113 Å². The van der Waals surface area contributed by atoms with Crippen LogP contribution in [0.5, 0.6) is 0 Å². The van der Waals surface area contributed by atoms with Crippen LogP contribution in [-0.4, -0.2) is 181 Å². The van der Waals surface area contributed by atoms with Crippen LogP contribution >= 0.6 is 12.2 Å². The Bertz CT molecular complexity index is 2760. The average molecular weight is 1090 g/mol. The lowest BCUT2D eigenvalue weighted by molar-refractivity contribution is -0.143. The van der Waals surface area contributed by atoms with E-state index in [4.69, 9.17) is 29.4 Å². The lowest BCUT2D eigenvalue weighted by Crippen LogP contribution is -2.44.